The number of aromatic carboxylic acids is 1. The van der Waals surface area contributed by atoms with Gasteiger partial charge in [0.1, 0.15) is 4.88 Å². The fraction of sp³-hybridized carbons (Fsp3) is 0.545. The first kappa shape index (κ1) is 12.5. The molecule has 0 saturated carbocycles. The molecule has 6 heteroatoms. The average Bonchev–Trinajstić information content (AvgIpc) is 2.77. The lowest BCUT2D eigenvalue weighted by molar-refractivity contribution is -0.0551. The fourth-order valence-electron chi connectivity index (χ4n) is 1.92. The summed E-state index contributed by atoms with van der Waals surface area (Å²) in [6.07, 6.45) is -0.157. The van der Waals surface area contributed by atoms with Gasteiger partial charge >= 0.3 is 5.97 Å². The highest BCUT2D eigenvalue weighted by molar-refractivity contribution is 7.12. The molecule has 1 saturated heterocycles. The maximum atomic E-state index is 11.0. The van der Waals surface area contributed by atoms with Crippen molar-refractivity contribution in [3.63, 3.8) is 0 Å². The van der Waals surface area contributed by atoms with Crippen LogP contribution in [0.5, 0.6) is 0 Å². The van der Waals surface area contributed by atoms with Gasteiger partial charge in [-0.15, -0.1) is 11.3 Å². The van der Waals surface area contributed by atoms with E-state index in [4.69, 9.17) is 14.9 Å². The summed E-state index contributed by atoms with van der Waals surface area (Å²) in [6, 6.07) is 1.84. The Labute approximate surface area is 103 Å². The van der Waals surface area contributed by atoms with E-state index in [1.54, 1.807) is 5.38 Å². The molecule has 0 bridgehead atoms. The molecule has 17 heavy (non-hydrogen) atoms. The van der Waals surface area contributed by atoms with Crippen molar-refractivity contribution in [2.45, 2.75) is 12.6 Å². The third-order valence-electron chi connectivity index (χ3n) is 2.76. The Morgan fingerprint density at radius 2 is 2.47 bits per heavy atom. The van der Waals surface area contributed by atoms with Crippen LogP contribution < -0.4 is 0 Å². The van der Waals surface area contributed by atoms with E-state index in [2.05, 4.69) is 4.90 Å². The van der Waals surface area contributed by atoms with Crippen molar-refractivity contribution in [3.8, 4) is 0 Å². The summed E-state index contributed by atoms with van der Waals surface area (Å²) in [7, 11) is 0. The molecule has 94 valence electrons. The van der Waals surface area contributed by atoms with E-state index in [0.29, 0.717) is 24.6 Å². The van der Waals surface area contributed by atoms with Crippen LogP contribution in [0.15, 0.2) is 11.4 Å². The van der Waals surface area contributed by atoms with Crippen LogP contribution in [0.25, 0.3) is 0 Å². The van der Waals surface area contributed by atoms with Crippen molar-refractivity contribution >= 4 is 17.3 Å². The van der Waals surface area contributed by atoms with E-state index in [1.807, 2.05) is 6.07 Å². The molecule has 2 rings (SSSR count). The molecular formula is C11H15NO4S. The van der Waals surface area contributed by atoms with Crippen LogP contribution in [0.1, 0.15) is 15.2 Å². The molecule has 0 amide bonds. The van der Waals surface area contributed by atoms with Gasteiger partial charge < -0.3 is 14.9 Å². The molecule has 0 spiro atoms. The van der Waals surface area contributed by atoms with E-state index in [9.17, 15) is 4.79 Å². The van der Waals surface area contributed by atoms with Gasteiger partial charge in [-0.05, 0) is 17.0 Å². The van der Waals surface area contributed by atoms with Crippen LogP contribution in [0.3, 0.4) is 0 Å². The summed E-state index contributed by atoms with van der Waals surface area (Å²) in [5, 5.41) is 19.8. The lowest BCUT2D eigenvalue weighted by atomic mass is 10.2. The number of rotatable bonds is 4. The van der Waals surface area contributed by atoms with Crippen LogP contribution in [0.2, 0.25) is 0 Å². The Morgan fingerprint density at radius 3 is 3.18 bits per heavy atom. The molecule has 5 nitrogen and oxygen atoms in total. The number of thiophene rings is 1. The maximum Gasteiger partial charge on any atom is 0.346 e. The van der Waals surface area contributed by atoms with E-state index in [0.717, 1.165) is 12.1 Å². The molecule has 1 aliphatic heterocycles. The largest absolute Gasteiger partial charge is 0.477 e. The summed E-state index contributed by atoms with van der Waals surface area (Å²) < 4.78 is 5.35. The Balaban J connectivity index is 2.00. The summed E-state index contributed by atoms with van der Waals surface area (Å²) in [5.74, 6) is -0.873. The summed E-state index contributed by atoms with van der Waals surface area (Å²) >= 11 is 1.25. The second-order valence-corrected chi connectivity index (χ2v) is 4.91. The molecule has 1 unspecified atom stereocenters. The minimum Gasteiger partial charge on any atom is -0.477 e. The number of hydrogen-bond donors (Lipinski definition) is 2. The van der Waals surface area contributed by atoms with Gasteiger partial charge in [0.2, 0.25) is 0 Å². The quantitative estimate of drug-likeness (QED) is 0.828. The van der Waals surface area contributed by atoms with E-state index in [1.165, 1.54) is 11.3 Å². The monoisotopic (exact) mass is 257 g/mol. The second-order valence-electron chi connectivity index (χ2n) is 3.99. The van der Waals surface area contributed by atoms with Crippen LogP contribution in [-0.2, 0) is 11.3 Å². The lowest BCUT2D eigenvalue weighted by Crippen LogP contribution is -2.43. The molecule has 1 aliphatic rings. The third kappa shape index (κ3) is 3.04. The van der Waals surface area contributed by atoms with E-state index < -0.39 is 5.97 Å². The van der Waals surface area contributed by atoms with Crippen LogP contribution in [0, 0.1) is 0 Å². The van der Waals surface area contributed by atoms with Crippen molar-refractivity contribution in [1.82, 2.24) is 4.90 Å². The molecular weight excluding hydrogens is 242 g/mol. The van der Waals surface area contributed by atoms with Crippen LogP contribution in [0.4, 0.5) is 0 Å². The molecule has 1 atom stereocenters. The molecule has 1 aromatic heterocycles. The number of hydrogen-bond acceptors (Lipinski definition) is 5. The smallest absolute Gasteiger partial charge is 0.346 e. The Hall–Kier alpha value is -0.950. The molecule has 0 radical (unpaired) electrons. The van der Waals surface area contributed by atoms with Crippen LogP contribution in [-0.4, -0.2) is 53.5 Å². The highest BCUT2D eigenvalue weighted by Gasteiger charge is 2.21. The molecule has 2 heterocycles. The minimum absolute atomic E-state index is 0.00588. The van der Waals surface area contributed by atoms with Gasteiger partial charge in [0.25, 0.3) is 0 Å². The predicted octanol–water partition coefficient (Wildman–Crippen LogP) is 0.639. The SMILES string of the molecule is O=C(O)c1sccc1CN1CCOC(CO)C1. The zero-order valence-corrected chi connectivity index (χ0v) is 10.2. The molecule has 0 aromatic carbocycles. The normalized spacial score (nSPS) is 21.6. The van der Waals surface area contributed by atoms with Gasteiger partial charge in [0, 0.05) is 19.6 Å². The molecule has 2 N–H and O–H groups in total. The van der Waals surface area contributed by atoms with Crippen molar-refractivity contribution in [2.24, 2.45) is 0 Å². The number of carbonyl (C=O) groups is 1. The first-order valence-electron chi connectivity index (χ1n) is 5.45. The number of ether oxygens (including phenoxy) is 1. The Kier molecular flexibility index (Phi) is 4.11. The van der Waals surface area contributed by atoms with E-state index >= 15 is 0 Å². The van der Waals surface area contributed by atoms with Crippen molar-refractivity contribution in [2.75, 3.05) is 26.3 Å². The highest BCUT2D eigenvalue weighted by atomic mass is 32.1. The van der Waals surface area contributed by atoms with Gasteiger partial charge in [-0.3, -0.25) is 4.90 Å². The van der Waals surface area contributed by atoms with E-state index in [-0.39, 0.29) is 12.7 Å². The van der Waals surface area contributed by atoms with Crippen molar-refractivity contribution in [3.05, 3.63) is 21.9 Å². The molecule has 1 aromatic rings. The fourth-order valence-corrected chi connectivity index (χ4v) is 2.68. The summed E-state index contributed by atoms with van der Waals surface area (Å²) in [4.78, 5) is 13.5. The predicted molar refractivity (Wildman–Crippen MR) is 63.4 cm³/mol. The number of morpholine rings is 1. The highest BCUT2D eigenvalue weighted by Crippen LogP contribution is 2.19. The zero-order chi connectivity index (χ0) is 12.3. The number of carboxylic acid groups (broad SMARTS) is 1. The van der Waals surface area contributed by atoms with Crippen molar-refractivity contribution < 1.29 is 19.7 Å². The first-order chi connectivity index (χ1) is 8.20. The number of aliphatic hydroxyl groups is 1. The number of nitrogens with zero attached hydrogens (tertiary/aromatic N) is 1. The van der Waals surface area contributed by atoms with Gasteiger partial charge in [0.15, 0.2) is 0 Å². The maximum absolute atomic E-state index is 11.0. The standard InChI is InChI=1S/C11H15NO4S/c13-7-9-6-12(2-3-16-9)5-8-1-4-17-10(8)11(14)15/h1,4,9,13H,2-3,5-7H2,(H,14,15). The summed E-state index contributed by atoms with van der Waals surface area (Å²) in [6.45, 7) is 2.60. The topological polar surface area (TPSA) is 70.0 Å². The minimum atomic E-state index is -0.873. The van der Waals surface area contributed by atoms with Gasteiger partial charge in [-0.2, -0.15) is 0 Å². The first-order valence-corrected chi connectivity index (χ1v) is 6.33. The average molecular weight is 257 g/mol. The van der Waals surface area contributed by atoms with Crippen LogP contribution >= 0.6 is 11.3 Å². The molecule has 0 aliphatic carbocycles. The van der Waals surface area contributed by atoms with Gasteiger partial charge in [-0.25, -0.2) is 4.79 Å². The molecule has 1 fully saturated rings. The Bertz CT molecular complexity index is 393. The third-order valence-corrected chi connectivity index (χ3v) is 3.71. The van der Waals surface area contributed by atoms with Gasteiger partial charge in [0.05, 0.1) is 19.3 Å². The second kappa shape index (κ2) is 5.59. The number of carboxylic acids is 1. The van der Waals surface area contributed by atoms with Gasteiger partial charge in [-0.1, -0.05) is 0 Å². The number of aliphatic hydroxyl groups excluding tert-OH is 1. The summed E-state index contributed by atoms with van der Waals surface area (Å²) in [5.41, 5.74) is 0.834. The lowest BCUT2D eigenvalue weighted by Gasteiger charge is -2.31. The van der Waals surface area contributed by atoms with Crippen molar-refractivity contribution in [1.29, 1.82) is 0 Å². The Morgan fingerprint density at radius 1 is 1.65 bits per heavy atom. The zero-order valence-electron chi connectivity index (χ0n) is 9.33.